The Morgan fingerprint density at radius 3 is 2.92 bits per heavy atom. The first-order valence-electron chi connectivity index (χ1n) is 3.41. The Morgan fingerprint density at radius 1 is 1.67 bits per heavy atom. The zero-order valence-corrected chi connectivity index (χ0v) is 6.58. The zero-order chi connectivity index (χ0) is 8.97. The highest BCUT2D eigenvalue weighted by molar-refractivity contribution is 5.72. The van der Waals surface area contributed by atoms with E-state index < -0.39 is 12.6 Å². The molecule has 0 fully saturated rings. The van der Waals surface area contributed by atoms with Gasteiger partial charge in [0.15, 0.2) is 6.67 Å². The van der Waals surface area contributed by atoms with E-state index in [0.29, 0.717) is 0 Å². The Balaban J connectivity index is 2.64. The number of hydrogen-bond donors (Lipinski definition) is 0. The Morgan fingerprint density at radius 2 is 2.42 bits per heavy atom. The number of nitrogens with zero attached hydrogens (tertiary/aromatic N) is 1. The number of halogens is 1. The average molecular weight is 169 g/mol. The molecule has 0 N–H and O–H groups in total. The molecule has 12 heavy (non-hydrogen) atoms. The van der Waals surface area contributed by atoms with Crippen molar-refractivity contribution in [3.63, 3.8) is 0 Å². The van der Waals surface area contributed by atoms with Crippen LogP contribution in [0.25, 0.3) is 0 Å². The number of aromatic nitrogens is 1. The third-order valence-electron chi connectivity index (χ3n) is 1.21. The summed E-state index contributed by atoms with van der Waals surface area (Å²) in [5.74, 6) is -0.797. The molecular formula is C8H8FNO2. The summed E-state index contributed by atoms with van der Waals surface area (Å²) in [4.78, 5) is 14.2. The number of rotatable bonds is 2. The van der Waals surface area contributed by atoms with Crippen molar-refractivity contribution in [1.82, 2.24) is 4.98 Å². The molecule has 0 saturated heterocycles. The Hall–Kier alpha value is -1.45. The second kappa shape index (κ2) is 3.80. The molecule has 1 heterocycles. The van der Waals surface area contributed by atoms with Gasteiger partial charge in [0.05, 0.1) is 0 Å². The van der Waals surface area contributed by atoms with Gasteiger partial charge >= 0.3 is 5.97 Å². The second-order valence-corrected chi connectivity index (χ2v) is 2.28. The Labute approximate surface area is 69.2 Å². The molecule has 0 aliphatic carbocycles. The number of carbonyl (C=O) groups excluding carboxylic acids is 1. The van der Waals surface area contributed by atoms with Gasteiger partial charge < -0.3 is 4.74 Å². The third kappa shape index (κ3) is 2.30. The van der Waals surface area contributed by atoms with Crippen LogP contribution in [0.15, 0.2) is 18.3 Å². The molecule has 0 spiro atoms. The Bertz CT molecular complexity index is 271. The van der Waals surface area contributed by atoms with Crippen LogP contribution in [0.2, 0.25) is 0 Å². The molecule has 0 unspecified atom stereocenters. The highest BCUT2D eigenvalue weighted by atomic mass is 19.1. The van der Waals surface area contributed by atoms with Gasteiger partial charge in [0.1, 0.15) is 0 Å². The highest BCUT2D eigenvalue weighted by Crippen LogP contribution is 2.06. The van der Waals surface area contributed by atoms with Gasteiger partial charge in [0, 0.05) is 12.3 Å². The lowest BCUT2D eigenvalue weighted by Gasteiger charge is -1.99. The average Bonchev–Trinajstić information content (AvgIpc) is 2.09. The lowest BCUT2D eigenvalue weighted by molar-refractivity contribution is -0.135. The van der Waals surface area contributed by atoms with Crippen molar-refractivity contribution in [1.29, 1.82) is 0 Å². The summed E-state index contributed by atoms with van der Waals surface area (Å²) >= 11 is 0. The second-order valence-electron chi connectivity index (χ2n) is 2.28. The molecular weight excluding hydrogens is 161 g/mol. The van der Waals surface area contributed by atoms with Crippen molar-refractivity contribution < 1.29 is 13.9 Å². The fourth-order valence-corrected chi connectivity index (χ4v) is 0.659. The van der Waals surface area contributed by atoms with Gasteiger partial charge in [0.2, 0.25) is 5.88 Å². The van der Waals surface area contributed by atoms with E-state index in [2.05, 4.69) is 9.72 Å². The van der Waals surface area contributed by atoms with E-state index >= 15 is 0 Å². The van der Waals surface area contributed by atoms with Crippen molar-refractivity contribution in [2.75, 3.05) is 6.67 Å². The summed E-state index contributed by atoms with van der Waals surface area (Å²) in [6.45, 7) is 0.726. The normalized spacial score (nSPS) is 9.50. The topological polar surface area (TPSA) is 39.2 Å². The van der Waals surface area contributed by atoms with Gasteiger partial charge in [-0.15, -0.1) is 0 Å². The lowest BCUT2D eigenvalue weighted by Crippen LogP contribution is -2.10. The van der Waals surface area contributed by atoms with E-state index in [0.717, 1.165) is 5.56 Å². The highest BCUT2D eigenvalue weighted by Gasteiger charge is 2.03. The predicted molar refractivity (Wildman–Crippen MR) is 40.6 cm³/mol. The van der Waals surface area contributed by atoms with E-state index in [1.54, 1.807) is 12.3 Å². The van der Waals surface area contributed by atoms with Gasteiger partial charge in [-0.3, -0.25) is 0 Å². The molecule has 0 aliphatic rings. The van der Waals surface area contributed by atoms with Crippen molar-refractivity contribution in [3.8, 4) is 5.88 Å². The van der Waals surface area contributed by atoms with Crippen LogP contribution in [0.5, 0.6) is 5.88 Å². The van der Waals surface area contributed by atoms with Crippen LogP contribution in [0, 0.1) is 6.92 Å². The molecule has 1 aromatic heterocycles. The fourth-order valence-electron chi connectivity index (χ4n) is 0.659. The minimum absolute atomic E-state index is 0.128. The van der Waals surface area contributed by atoms with Gasteiger partial charge in [0.25, 0.3) is 0 Å². The summed E-state index contributed by atoms with van der Waals surface area (Å²) in [6, 6.07) is 3.25. The first-order valence-corrected chi connectivity index (χ1v) is 3.41. The number of ether oxygens (including phenoxy) is 1. The van der Waals surface area contributed by atoms with E-state index in [4.69, 9.17) is 0 Å². The van der Waals surface area contributed by atoms with Crippen LogP contribution in [-0.2, 0) is 4.79 Å². The maximum Gasteiger partial charge on any atom is 0.344 e. The molecule has 0 aromatic carbocycles. The lowest BCUT2D eigenvalue weighted by atomic mass is 10.3. The zero-order valence-electron chi connectivity index (χ0n) is 6.58. The standard InChI is InChI=1S/C8H8FNO2/c1-6-2-3-7(10-5-6)12-8(11)4-9/h2-3,5H,4H2,1H3. The minimum Gasteiger partial charge on any atom is -0.406 e. The minimum atomic E-state index is -1.13. The molecule has 0 aliphatic heterocycles. The maximum absolute atomic E-state index is 11.6. The summed E-state index contributed by atoms with van der Waals surface area (Å²) in [6.07, 6.45) is 1.54. The SMILES string of the molecule is Cc1ccc(OC(=O)CF)nc1. The first-order chi connectivity index (χ1) is 5.72. The molecule has 0 saturated carbocycles. The third-order valence-corrected chi connectivity index (χ3v) is 1.21. The van der Waals surface area contributed by atoms with E-state index in [-0.39, 0.29) is 5.88 Å². The van der Waals surface area contributed by atoms with Crippen LogP contribution >= 0.6 is 0 Å². The quantitative estimate of drug-likeness (QED) is 0.626. The molecule has 1 aromatic rings. The van der Waals surface area contributed by atoms with Crippen molar-refractivity contribution in [3.05, 3.63) is 23.9 Å². The molecule has 0 amide bonds. The van der Waals surface area contributed by atoms with Crippen molar-refractivity contribution in [2.24, 2.45) is 0 Å². The number of hydrogen-bond acceptors (Lipinski definition) is 3. The van der Waals surface area contributed by atoms with Crippen LogP contribution < -0.4 is 4.74 Å². The van der Waals surface area contributed by atoms with Gasteiger partial charge in [-0.1, -0.05) is 6.07 Å². The molecule has 1 rings (SSSR count). The number of pyridine rings is 1. The van der Waals surface area contributed by atoms with Crippen molar-refractivity contribution in [2.45, 2.75) is 6.92 Å². The maximum atomic E-state index is 11.6. The number of esters is 1. The van der Waals surface area contributed by atoms with E-state index in [9.17, 15) is 9.18 Å². The molecule has 0 radical (unpaired) electrons. The fraction of sp³-hybridized carbons (Fsp3) is 0.250. The first kappa shape index (κ1) is 8.64. The van der Waals surface area contributed by atoms with Crippen LogP contribution in [0.3, 0.4) is 0 Å². The van der Waals surface area contributed by atoms with Crippen LogP contribution in [-0.4, -0.2) is 17.6 Å². The number of aryl methyl sites for hydroxylation is 1. The van der Waals surface area contributed by atoms with E-state index in [1.807, 2.05) is 6.92 Å². The van der Waals surface area contributed by atoms with E-state index in [1.165, 1.54) is 6.07 Å². The smallest absolute Gasteiger partial charge is 0.344 e. The predicted octanol–water partition coefficient (Wildman–Crippen LogP) is 1.26. The summed E-state index contributed by atoms with van der Waals surface area (Å²) in [5.41, 5.74) is 0.954. The molecule has 3 nitrogen and oxygen atoms in total. The van der Waals surface area contributed by atoms with Crippen LogP contribution in [0.1, 0.15) is 5.56 Å². The molecule has 0 bridgehead atoms. The van der Waals surface area contributed by atoms with Gasteiger partial charge in [-0.2, -0.15) is 0 Å². The van der Waals surface area contributed by atoms with Crippen molar-refractivity contribution >= 4 is 5.97 Å². The monoisotopic (exact) mass is 169 g/mol. The number of alkyl halides is 1. The summed E-state index contributed by atoms with van der Waals surface area (Å²) in [5, 5.41) is 0. The number of carbonyl (C=O) groups is 1. The Kier molecular flexibility index (Phi) is 2.74. The van der Waals surface area contributed by atoms with Crippen LogP contribution in [0.4, 0.5) is 4.39 Å². The molecule has 4 heteroatoms. The van der Waals surface area contributed by atoms with Gasteiger partial charge in [-0.05, 0) is 12.5 Å². The van der Waals surface area contributed by atoms with Gasteiger partial charge in [-0.25, -0.2) is 14.2 Å². The molecule has 0 atom stereocenters. The largest absolute Gasteiger partial charge is 0.406 e. The molecule has 64 valence electrons. The summed E-state index contributed by atoms with van der Waals surface area (Å²) in [7, 11) is 0. The summed E-state index contributed by atoms with van der Waals surface area (Å²) < 4.78 is 16.1.